The lowest BCUT2D eigenvalue weighted by atomic mass is 10.3. The van der Waals surface area contributed by atoms with Gasteiger partial charge in [0.2, 0.25) is 5.88 Å². The molecule has 1 aromatic heterocycles. The van der Waals surface area contributed by atoms with Crippen molar-refractivity contribution in [1.29, 1.82) is 0 Å². The van der Waals surface area contributed by atoms with Crippen LogP contribution < -0.4 is 10.5 Å². The summed E-state index contributed by atoms with van der Waals surface area (Å²) in [6.07, 6.45) is 4.68. The van der Waals surface area contributed by atoms with Crippen LogP contribution in [0.1, 0.15) is 0 Å². The van der Waals surface area contributed by atoms with Crippen LogP contribution in [-0.4, -0.2) is 9.97 Å². The molecule has 0 atom stereocenters. The van der Waals surface area contributed by atoms with Gasteiger partial charge in [0, 0.05) is 12.4 Å². The van der Waals surface area contributed by atoms with E-state index in [0.29, 0.717) is 17.3 Å². The number of hydrogen-bond donors (Lipinski definition) is 1. The molecule has 4 heteroatoms. The van der Waals surface area contributed by atoms with Crippen molar-refractivity contribution in [2.24, 2.45) is 0 Å². The largest absolute Gasteiger partial charge is 0.435 e. The highest BCUT2D eigenvalue weighted by Gasteiger charge is 2.00. The minimum Gasteiger partial charge on any atom is -0.435 e. The number of nitrogens with zero attached hydrogens (tertiary/aromatic N) is 2. The third-order valence-corrected chi connectivity index (χ3v) is 1.67. The Labute approximate surface area is 81.4 Å². The molecule has 0 spiro atoms. The first-order valence-corrected chi connectivity index (χ1v) is 4.14. The normalized spacial score (nSPS) is 9.71. The van der Waals surface area contributed by atoms with E-state index in [-0.39, 0.29) is 0 Å². The molecule has 0 radical (unpaired) electrons. The van der Waals surface area contributed by atoms with Crippen LogP contribution in [-0.2, 0) is 0 Å². The van der Waals surface area contributed by atoms with Crippen LogP contribution in [0.5, 0.6) is 11.6 Å². The average molecular weight is 187 g/mol. The van der Waals surface area contributed by atoms with Gasteiger partial charge in [0.15, 0.2) is 5.75 Å². The third-order valence-electron chi connectivity index (χ3n) is 1.67. The van der Waals surface area contributed by atoms with Gasteiger partial charge in [-0.05, 0) is 12.1 Å². The summed E-state index contributed by atoms with van der Waals surface area (Å²) in [5, 5.41) is 0. The van der Waals surface area contributed by atoms with Crippen LogP contribution in [0, 0.1) is 0 Å². The first-order chi connectivity index (χ1) is 6.86. The number of nitrogen functional groups attached to an aromatic ring is 1. The van der Waals surface area contributed by atoms with Crippen LogP contribution in [0.15, 0.2) is 42.9 Å². The van der Waals surface area contributed by atoms with Crippen LogP contribution in [0.25, 0.3) is 0 Å². The Hall–Kier alpha value is -2.10. The molecule has 70 valence electrons. The van der Waals surface area contributed by atoms with Crippen LogP contribution in [0.2, 0.25) is 0 Å². The Morgan fingerprint density at radius 3 is 2.71 bits per heavy atom. The Balaban J connectivity index is 2.24. The van der Waals surface area contributed by atoms with Crippen molar-refractivity contribution in [2.45, 2.75) is 0 Å². The molecule has 0 aliphatic rings. The zero-order chi connectivity index (χ0) is 9.80. The lowest BCUT2D eigenvalue weighted by Crippen LogP contribution is -1.93. The molecule has 0 unspecified atom stereocenters. The standard InChI is InChI=1S/C10H9N3O/c11-8-3-1-2-4-9(8)14-10-7-12-5-6-13-10/h1-7H,11H2. The zero-order valence-corrected chi connectivity index (χ0v) is 7.42. The van der Waals surface area contributed by atoms with Gasteiger partial charge in [0.25, 0.3) is 0 Å². The molecule has 14 heavy (non-hydrogen) atoms. The number of benzene rings is 1. The monoisotopic (exact) mass is 187 g/mol. The molecule has 0 aliphatic heterocycles. The lowest BCUT2D eigenvalue weighted by Gasteiger charge is -2.05. The highest BCUT2D eigenvalue weighted by Crippen LogP contribution is 2.24. The number of nitrogens with two attached hydrogens (primary N) is 1. The number of ether oxygens (including phenoxy) is 1. The molecule has 0 aliphatic carbocycles. The van der Waals surface area contributed by atoms with Crippen molar-refractivity contribution in [3.63, 3.8) is 0 Å². The quantitative estimate of drug-likeness (QED) is 0.729. The maximum absolute atomic E-state index is 5.70. The Morgan fingerprint density at radius 2 is 2.00 bits per heavy atom. The van der Waals surface area contributed by atoms with Crippen molar-refractivity contribution >= 4 is 5.69 Å². The molecule has 0 bridgehead atoms. The van der Waals surface area contributed by atoms with Gasteiger partial charge in [0.1, 0.15) is 0 Å². The summed E-state index contributed by atoms with van der Waals surface area (Å²) in [6, 6.07) is 7.25. The zero-order valence-electron chi connectivity index (χ0n) is 7.42. The Morgan fingerprint density at radius 1 is 1.14 bits per heavy atom. The van der Waals surface area contributed by atoms with E-state index in [1.165, 1.54) is 6.20 Å². The van der Waals surface area contributed by atoms with E-state index < -0.39 is 0 Å². The van der Waals surface area contributed by atoms with Gasteiger partial charge in [-0.2, -0.15) is 0 Å². The fourth-order valence-corrected chi connectivity index (χ4v) is 1.02. The lowest BCUT2D eigenvalue weighted by molar-refractivity contribution is 0.462. The molecular weight excluding hydrogens is 178 g/mol. The molecule has 0 amide bonds. The number of aromatic nitrogens is 2. The first kappa shape index (κ1) is 8.50. The number of anilines is 1. The van der Waals surface area contributed by atoms with Gasteiger partial charge in [-0.1, -0.05) is 12.1 Å². The summed E-state index contributed by atoms with van der Waals surface area (Å²) in [7, 11) is 0. The maximum Gasteiger partial charge on any atom is 0.237 e. The fraction of sp³-hybridized carbons (Fsp3) is 0. The fourth-order valence-electron chi connectivity index (χ4n) is 1.02. The summed E-state index contributed by atoms with van der Waals surface area (Å²) < 4.78 is 5.41. The van der Waals surface area contributed by atoms with E-state index in [2.05, 4.69) is 9.97 Å². The minimum absolute atomic E-state index is 0.436. The van der Waals surface area contributed by atoms with E-state index in [1.807, 2.05) is 12.1 Å². The number of rotatable bonds is 2. The molecule has 0 saturated heterocycles. The van der Waals surface area contributed by atoms with Crippen LogP contribution >= 0.6 is 0 Å². The molecule has 2 aromatic rings. The second-order valence-corrected chi connectivity index (χ2v) is 2.68. The SMILES string of the molecule is Nc1ccccc1Oc1cnccn1. The molecule has 2 rings (SSSR count). The van der Waals surface area contributed by atoms with Gasteiger partial charge in [0.05, 0.1) is 11.9 Å². The smallest absolute Gasteiger partial charge is 0.237 e. The molecule has 4 nitrogen and oxygen atoms in total. The third kappa shape index (κ3) is 1.80. The van der Waals surface area contributed by atoms with E-state index in [1.54, 1.807) is 24.5 Å². The van der Waals surface area contributed by atoms with Crippen molar-refractivity contribution in [2.75, 3.05) is 5.73 Å². The van der Waals surface area contributed by atoms with Crippen LogP contribution in [0.3, 0.4) is 0 Å². The maximum atomic E-state index is 5.70. The van der Waals surface area contributed by atoms with Crippen LogP contribution in [0.4, 0.5) is 5.69 Å². The van der Waals surface area contributed by atoms with E-state index in [4.69, 9.17) is 10.5 Å². The molecule has 1 aromatic carbocycles. The van der Waals surface area contributed by atoms with E-state index in [0.717, 1.165) is 0 Å². The first-order valence-electron chi connectivity index (χ1n) is 4.14. The highest BCUT2D eigenvalue weighted by atomic mass is 16.5. The van der Waals surface area contributed by atoms with Gasteiger partial charge in [-0.3, -0.25) is 4.98 Å². The Bertz CT molecular complexity index is 417. The second-order valence-electron chi connectivity index (χ2n) is 2.68. The van der Waals surface area contributed by atoms with Crippen molar-refractivity contribution in [3.8, 4) is 11.6 Å². The van der Waals surface area contributed by atoms with Gasteiger partial charge >= 0.3 is 0 Å². The highest BCUT2D eigenvalue weighted by molar-refractivity contribution is 5.52. The topological polar surface area (TPSA) is 61.0 Å². The summed E-state index contributed by atoms with van der Waals surface area (Å²) in [5.74, 6) is 1.03. The van der Waals surface area contributed by atoms with Crippen molar-refractivity contribution < 1.29 is 4.74 Å². The summed E-state index contributed by atoms with van der Waals surface area (Å²) in [6.45, 7) is 0. The number of para-hydroxylation sites is 2. The summed E-state index contributed by atoms with van der Waals surface area (Å²) in [4.78, 5) is 7.86. The summed E-state index contributed by atoms with van der Waals surface area (Å²) in [5.41, 5.74) is 6.28. The summed E-state index contributed by atoms with van der Waals surface area (Å²) >= 11 is 0. The van der Waals surface area contributed by atoms with Crippen molar-refractivity contribution in [3.05, 3.63) is 42.9 Å². The van der Waals surface area contributed by atoms with Gasteiger partial charge < -0.3 is 10.5 Å². The molecule has 0 fully saturated rings. The predicted molar refractivity (Wildman–Crippen MR) is 53.0 cm³/mol. The predicted octanol–water partition coefficient (Wildman–Crippen LogP) is 1.85. The Kier molecular flexibility index (Phi) is 2.27. The van der Waals surface area contributed by atoms with E-state index >= 15 is 0 Å². The second kappa shape index (κ2) is 3.74. The van der Waals surface area contributed by atoms with Gasteiger partial charge in [-0.15, -0.1) is 0 Å². The molecule has 2 N–H and O–H groups in total. The molecule has 1 heterocycles. The molecule has 0 saturated carbocycles. The molecular formula is C10H9N3O. The van der Waals surface area contributed by atoms with E-state index in [9.17, 15) is 0 Å². The minimum atomic E-state index is 0.436. The number of hydrogen-bond acceptors (Lipinski definition) is 4. The average Bonchev–Trinajstić information content (AvgIpc) is 2.23. The van der Waals surface area contributed by atoms with Gasteiger partial charge in [-0.25, -0.2) is 4.98 Å². The van der Waals surface area contributed by atoms with Crippen molar-refractivity contribution in [1.82, 2.24) is 9.97 Å².